The van der Waals surface area contributed by atoms with Crippen LogP contribution in [0.1, 0.15) is 53.9 Å². The maximum absolute atomic E-state index is 12.0. The summed E-state index contributed by atoms with van der Waals surface area (Å²) >= 11 is 0. The fourth-order valence-electron chi connectivity index (χ4n) is 2.25. The lowest BCUT2D eigenvalue weighted by atomic mass is 9.97. The molecule has 0 saturated carbocycles. The van der Waals surface area contributed by atoms with E-state index in [1.807, 2.05) is 27.7 Å². The van der Waals surface area contributed by atoms with Crippen LogP contribution in [0.4, 0.5) is 0 Å². The van der Waals surface area contributed by atoms with Crippen molar-refractivity contribution in [2.45, 2.75) is 72.0 Å². The Morgan fingerprint density at radius 3 is 2.00 bits per heavy atom. The van der Waals surface area contributed by atoms with Gasteiger partial charge in [0.2, 0.25) is 0 Å². The van der Waals surface area contributed by atoms with Crippen molar-refractivity contribution in [3.05, 3.63) is 0 Å². The van der Waals surface area contributed by atoms with Crippen LogP contribution < -0.4 is 16.4 Å². The van der Waals surface area contributed by atoms with Gasteiger partial charge >= 0.3 is 0 Å². The second-order valence-electron chi connectivity index (χ2n) is 7.02. The third-order valence-corrected chi connectivity index (χ3v) is 3.63. The molecule has 0 aromatic carbocycles. The van der Waals surface area contributed by atoms with Crippen LogP contribution in [0.3, 0.4) is 0 Å². The van der Waals surface area contributed by atoms with Gasteiger partial charge in [-0.05, 0) is 31.6 Å². The number of Topliss-reactive ketones (excluding diaryl/α,β-unsaturated/α-hetero) is 2. The summed E-state index contributed by atoms with van der Waals surface area (Å²) in [5.74, 6) is 0.347. The number of nitrogens with one attached hydrogen (secondary N) is 2. The molecule has 6 heteroatoms. The van der Waals surface area contributed by atoms with E-state index in [-0.39, 0.29) is 24.0 Å². The van der Waals surface area contributed by atoms with Gasteiger partial charge in [0.1, 0.15) is 6.29 Å². The van der Waals surface area contributed by atoms with Crippen molar-refractivity contribution >= 4 is 17.9 Å². The minimum absolute atomic E-state index is 0.148. The van der Waals surface area contributed by atoms with Gasteiger partial charge in [0.15, 0.2) is 11.6 Å². The highest BCUT2D eigenvalue weighted by Crippen LogP contribution is 2.06. The predicted molar refractivity (Wildman–Crippen MR) is 92.0 cm³/mol. The van der Waals surface area contributed by atoms with Crippen molar-refractivity contribution in [1.29, 1.82) is 0 Å². The molecule has 0 aliphatic carbocycles. The molecule has 0 aliphatic rings. The van der Waals surface area contributed by atoms with E-state index in [4.69, 9.17) is 5.73 Å². The van der Waals surface area contributed by atoms with Gasteiger partial charge in [-0.15, -0.1) is 0 Å². The fourth-order valence-corrected chi connectivity index (χ4v) is 2.25. The molecule has 0 amide bonds. The molecule has 0 fully saturated rings. The van der Waals surface area contributed by atoms with Crippen molar-refractivity contribution in [1.82, 2.24) is 10.6 Å². The summed E-state index contributed by atoms with van der Waals surface area (Å²) in [5, 5.41) is 6.04. The maximum Gasteiger partial charge on any atom is 0.156 e. The first-order chi connectivity index (χ1) is 10.7. The van der Waals surface area contributed by atoms with Crippen LogP contribution in [0.15, 0.2) is 0 Å². The van der Waals surface area contributed by atoms with Crippen LogP contribution in [0.2, 0.25) is 0 Å². The van der Waals surface area contributed by atoms with Crippen molar-refractivity contribution in [3.8, 4) is 0 Å². The Morgan fingerprint density at radius 1 is 0.957 bits per heavy atom. The number of hydrogen-bond acceptors (Lipinski definition) is 6. The molecular formula is C17H33N3O3. The molecule has 0 aromatic rings. The molecule has 4 N–H and O–H groups in total. The molecule has 0 aromatic heterocycles. The van der Waals surface area contributed by atoms with E-state index in [0.717, 1.165) is 12.7 Å². The SMILES string of the molecule is CC(C)C[C@@H](C=O)NCN[C@@H](C)C(=O)CC(=O)[C@@H](N)CC(C)C. The average molecular weight is 327 g/mol. The Balaban J connectivity index is 4.15. The number of carbonyl (C=O) groups is 3. The monoisotopic (exact) mass is 327 g/mol. The Hall–Kier alpha value is -1.11. The summed E-state index contributed by atoms with van der Waals surface area (Å²) in [6.07, 6.45) is 2.07. The number of aldehydes is 1. The predicted octanol–water partition coefficient (Wildman–Crippen LogP) is 1.03. The molecule has 0 heterocycles. The van der Waals surface area contributed by atoms with Gasteiger partial charge in [-0.1, -0.05) is 27.7 Å². The standard InChI is InChI=1S/C17H33N3O3/c1-11(2)6-14(9-21)20-10-19-13(5)16(22)8-17(23)15(18)7-12(3)4/h9,11-15,19-20H,6-8,10,18H2,1-5H3/t13-,14-,15-/m0/s1. The number of rotatable bonds is 13. The van der Waals surface area contributed by atoms with Crippen molar-refractivity contribution in [2.75, 3.05) is 6.67 Å². The normalized spacial score (nSPS) is 15.5. The van der Waals surface area contributed by atoms with Crippen LogP contribution in [-0.2, 0) is 14.4 Å². The van der Waals surface area contributed by atoms with E-state index in [0.29, 0.717) is 24.9 Å². The lowest BCUT2D eigenvalue weighted by Crippen LogP contribution is -2.45. The van der Waals surface area contributed by atoms with Gasteiger partial charge in [-0.2, -0.15) is 0 Å². The highest BCUT2D eigenvalue weighted by atomic mass is 16.2. The zero-order valence-corrected chi connectivity index (χ0v) is 15.1. The van der Waals surface area contributed by atoms with Gasteiger partial charge in [-0.25, -0.2) is 0 Å². The van der Waals surface area contributed by atoms with E-state index in [1.165, 1.54) is 0 Å². The summed E-state index contributed by atoms with van der Waals surface area (Å²) in [6, 6.07) is -1.26. The zero-order valence-electron chi connectivity index (χ0n) is 15.1. The van der Waals surface area contributed by atoms with Crippen LogP contribution in [0.5, 0.6) is 0 Å². The van der Waals surface area contributed by atoms with E-state index < -0.39 is 12.1 Å². The molecule has 0 unspecified atom stereocenters. The molecular weight excluding hydrogens is 294 g/mol. The summed E-state index contributed by atoms with van der Waals surface area (Å²) < 4.78 is 0. The minimum atomic E-state index is -0.574. The van der Waals surface area contributed by atoms with Crippen LogP contribution in [-0.4, -0.2) is 42.6 Å². The topological polar surface area (TPSA) is 101 Å². The van der Waals surface area contributed by atoms with Crippen molar-refractivity contribution in [2.24, 2.45) is 17.6 Å². The third kappa shape index (κ3) is 10.3. The smallest absolute Gasteiger partial charge is 0.156 e. The van der Waals surface area contributed by atoms with E-state index in [2.05, 4.69) is 10.6 Å². The highest BCUT2D eigenvalue weighted by Gasteiger charge is 2.21. The molecule has 6 nitrogen and oxygen atoms in total. The van der Waals surface area contributed by atoms with E-state index >= 15 is 0 Å². The first kappa shape index (κ1) is 21.9. The first-order valence-electron chi connectivity index (χ1n) is 8.40. The molecule has 134 valence electrons. The number of ketones is 2. The summed E-state index contributed by atoms with van der Waals surface area (Å²) in [6.45, 7) is 10.1. The molecule has 0 spiro atoms. The molecule has 0 aliphatic heterocycles. The quantitative estimate of drug-likeness (QED) is 0.265. The zero-order chi connectivity index (χ0) is 18.0. The molecule has 0 bridgehead atoms. The minimum Gasteiger partial charge on any atom is -0.321 e. The highest BCUT2D eigenvalue weighted by molar-refractivity contribution is 6.03. The molecule has 0 saturated heterocycles. The summed E-state index contributed by atoms with van der Waals surface area (Å²) in [5.41, 5.74) is 5.80. The Bertz CT molecular complexity index is 383. The Kier molecular flexibility index (Phi) is 10.9. The van der Waals surface area contributed by atoms with E-state index in [9.17, 15) is 14.4 Å². The van der Waals surface area contributed by atoms with Gasteiger partial charge in [0.25, 0.3) is 0 Å². The van der Waals surface area contributed by atoms with Crippen LogP contribution >= 0.6 is 0 Å². The molecule has 0 rings (SSSR count). The fraction of sp³-hybridized carbons (Fsp3) is 0.824. The number of carbonyl (C=O) groups excluding carboxylic acids is 3. The first-order valence-corrected chi connectivity index (χ1v) is 8.40. The van der Waals surface area contributed by atoms with Crippen LogP contribution in [0.25, 0.3) is 0 Å². The van der Waals surface area contributed by atoms with Gasteiger partial charge < -0.3 is 10.5 Å². The second-order valence-corrected chi connectivity index (χ2v) is 7.02. The molecule has 0 radical (unpaired) electrons. The molecule has 3 atom stereocenters. The average Bonchev–Trinajstić information content (AvgIpc) is 2.44. The number of hydrogen-bond donors (Lipinski definition) is 3. The lowest BCUT2D eigenvalue weighted by molar-refractivity contribution is -0.128. The lowest BCUT2D eigenvalue weighted by Gasteiger charge is -2.18. The Morgan fingerprint density at radius 2 is 1.52 bits per heavy atom. The van der Waals surface area contributed by atoms with Crippen molar-refractivity contribution in [3.63, 3.8) is 0 Å². The van der Waals surface area contributed by atoms with Crippen molar-refractivity contribution < 1.29 is 14.4 Å². The van der Waals surface area contributed by atoms with Crippen LogP contribution in [0, 0.1) is 11.8 Å². The maximum atomic E-state index is 12.0. The van der Waals surface area contributed by atoms with Gasteiger partial charge in [0, 0.05) is 6.67 Å². The van der Waals surface area contributed by atoms with Gasteiger partial charge in [0.05, 0.1) is 24.5 Å². The largest absolute Gasteiger partial charge is 0.321 e. The second kappa shape index (κ2) is 11.4. The number of nitrogens with two attached hydrogens (primary N) is 1. The summed E-state index contributed by atoms with van der Waals surface area (Å²) in [4.78, 5) is 34.9. The third-order valence-electron chi connectivity index (χ3n) is 3.63. The van der Waals surface area contributed by atoms with Gasteiger partial charge in [-0.3, -0.25) is 20.2 Å². The molecule has 23 heavy (non-hydrogen) atoms. The Labute approximate surface area is 140 Å². The summed E-state index contributed by atoms with van der Waals surface area (Å²) in [7, 11) is 0. The van der Waals surface area contributed by atoms with E-state index in [1.54, 1.807) is 6.92 Å².